The summed E-state index contributed by atoms with van der Waals surface area (Å²) in [5, 5.41) is 0. The van der Waals surface area contributed by atoms with Crippen molar-refractivity contribution in [3.63, 3.8) is 0 Å². The molecule has 2 nitrogen and oxygen atoms in total. The second-order valence-electron chi connectivity index (χ2n) is 4.56. The molecule has 0 fully saturated rings. The summed E-state index contributed by atoms with van der Waals surface area (Å²) in [5.41, 5.74) is 7.16. The van der Waals surface area contributed by atoms with Crippen molar-refractivity contribution >= 4 is 29.0 Å². The third-order valence-electron chi connectivity index (χ3n) is 3.38. The number of thiocarbonyl (C=S) groups is 1. The summed E-state index contributed by atoms with van der Waals surface area (Å²) in [7, 11) is 2.09. The summed E-state index contributed by atoms with van der Waals surface area (Å²) < 4.78 is 0. The molecule has 2 rings (SSSR count). The molecule has 0 radical (unpaired) electrons. The fraction of sp³-hybridized carbons (Fsp3) is 0.462. The van der Waals surface area contributed by atoms with Crippen molar-refractivity contribution < 1.29 is 0 Å². The maximum atomic E-state index is 5.69. The first-order valence-electron chi connectivity index (χ1n) is 5.81. The van der Waals surface area contributed by atoms with Gasteiger partial charge in [-0.1, -0.05) is 30.4 Å². The van der Waals surface area contributed by atoms with E-state index in [2.05, 4.69) is 43.1 Å². The predicted molar refractivity (Wildman–Crippen MR) is 78.8 cm³/mol. The Labute approximate surface area is 113 Å². The van der Waals surface area contributed by atoms with Crippen LogP contribution in [0.4, 0.5) is 0 Å². The second-order valence-corrected chi connectivity index (χ2v) is 6.10. The highest BCUT2D eigenvalue weighted by Crippen LogP contribution is 2.39. The Balaban J connectivity index is 2.04. The van der Waals surface area contributed by atoms with Gasteiger partial charge in [0, 0.05) is 23.1 Å². The van der Waals surface area contributed by atoms with Crippen molar-refractivity contribution in [1.29, 1.82) is 0 Å². The molecule has 92 valence electrons. The quantitative estimate of drug-likeness (QED) is 0.848. The van der Waals surface area contributed by atoms with Crippen LogP contribution in [0.2, 0.25) is 0 Å². The molecule has 1 aliphatic heterocycles. The number of nitrogens with zero attached hydrogens (tertiary/aromatic N) is 1. The number of nitrogens with two attached hydrogens (primary N) is 1. The van der Waals surface area contributed by atoms with E-state index in [0.29, 0.717) is 10.9 Å². The Hall–Kier alpha value is -0.580. The molecule has 2 N–H and O–H groups in total. The Morgan fingerprint density at radius 2 is 2.29 bits per heavy atom. The normalized spacial score (nSPS) is 20.3. The molecule has 4 heteroatoms. The van der Waals surface area contributed by atoms with Gasteiger partial charge in [0.2, 0.25) is 0 Å². The van der Waals surface area contributed by atoms with Gasteiger partial charge in [-0.25, -0.2) is 0 Å². The summed E-state index contributed by atoms with van der Waals surface area (Å²) in [6.07, 6.45) is 0. The van der Waals surface area contributed by atoms with Crippen LogP contribution in [0.5, 0.6) is 0 Å². The number of likely N-dealkylation sites (N-methyl/N-ethyl adjacent to an activating group) is 1. The van der Waals surface area contributed by atoms with E-state index >= 15 is 0 Å². The van der Waals surface area contributed by atoms with Gasteiger partial charge >= 0.3 is 0 Å². The summed E-state index contributed by atoms with van der Waals surface area (Å²) in [6, 6.07) is 8.84. The van der Waals surface area contributed by atoms with E-state index in [1.807, 2.05) is 11.8 Å². The lowest BCUT2D eigenvalue weighted by molar-refractivity contribution is 0.298. The molecule has 0 amide bonds. The fourth-order valence-corrected chi connectivity index (χ4v) is 3.53. The van der Waals surface area contributed by atoms with Gasteiger partial charge in [-0.2, -0.15) is 0 Å². The van der Waals surface area contributed by atoms with E-state index in [-0.39, 0.29) is 6.04 Å². The average molecular weight is 266 g/mol. The van der Waals surface area contributed by atoms with Crippen LogP contribution in [0.3, 0.4) is 0 Å². The molecule has 1 heterocycles. The largest absolute Gasteiger partial charge is 0.392 e. The first-order chi connectivity index (χ1) is 8.09. The van der Waals surface area contributed by atoms with Crippen LogP contribution >= 0.6 is 24.0 Å². The predicted octanol–water partition coefficient (Wildman–Crippen LogP) is 2.48. The van der Waals surface area contributed by atoms with Gasteiger partial charge in [0.25, 0.3) is 0 Å². The number of hydrogen-bond donors (Lipinski definition) is 1. The van der Waals surface area contributed by atoms with E-state index in [1.165, 1.54) is 10.5 Å². The monoisotopic (exact) mass is 266 g/mol. The zero-order valence-corrected chi connectivity index (χ0v) is 11.9. The van der Waals surface area contributed by atoms with Crippen LogP contribution in [0.15, 0.2) is 29.2 Å². The topological polar surface area (TPSA) is 29.3 Å². The van der Waals surface area contributed by atoms with E-state index < -0.39 is 0 Å². The lowest BCUT2D eigenvalue weighted by atomic mass is 10.0. The Morgan fingerprint density at radius 1 is 1.59 bits per heavy atom. The fourth-order valence-electron chi connectivity index (χ4n) is 2.10. The average Bonchev–Trinajstić information content (AvgIpc) is 2.71. The molecule has 0 bridgehead atoms. The molecule has 2 atom stereocenters. The highest BCUT2D eigenvalue weighted by atomic mass is 32.2. The van der Waals surface area contributed by atoms with Crippen LogP contribution in [-0.2, 0) is 0 Å². The molecule has 0 spiro atoms. The van der Waals surface area contributed by atoms with Crippen LogP contribution in [-0.4, -0.2) is 35.3 Å². The lowest BCUT2D eigenvalue weighted by Crippen LogP contribution is -2.41. The summed E-state index contributed by atoms with van der Waals surface area (Å²) in [6.45, 7) is 3.08. The standard InChI is InChI=1S/C13H18N2S2/c1-9(13(14)16)15(2)7-10-8-17-12-6-4-3-5-11(10)12/h3-6,9-10H,7-8H2,1-2H3,(H2,14,16). The van der Waals surface area contributed by atoms with Gasteiger partial charge in [0.15, 0.2) is 0 Å². The summed E-state index contributed by atoms with van der Waals surface area (Å²) in [4.78, 5) is 4.25. The smallest absolute Gasteiger partial charge is 0.0899 e. The summed E-state index contributed by atoms with van der Waals surface area (Å²) in [5.74, 6) is 1.76. The van der Waals surface area contributed by atoms with Gasteiger partial charge in [0.05, 0.1) is 11.0 Å². The minimum absolute atomic E-state index is 0.169. The Kier molecular flexibility index (Phi) is 4.07. The minimum atomic E-state index is 0.169. The minimum Gasteiger partial charge on any atom is -0.392 e. The highest BCUT2D eigenvalue weighted by Gasteiger charge is 2.25. The molecular weight excluding hydrogens is 248 g/mol. The van der Waals surface area contributed by atoms with E-state index in [1.54, 1.807) is 0 Å². The molecule has 1 aliphatic rings. The van der Waals surface area contributed by atoms with Gasteiger partial charge in [-0.05, 0) is 25.6 Å². The number of benzene rings is 1. The summed E-state index contributed by atoms with van der Waals surface area (Å²) >= 11 is 6.99. The molecule has 17 heavy (non-hydrogen) atoms. The molecule has 0 saturated carbocycles. The van der Waals surface area contributed by atoms with Gasteiger partial charge in [0.1, 0.15) is 0 Å². The van der Waals surface area contributed by atoms with Crippen molar-refractivity contribution in [2.24, 2.45) is 5.73 Å². The first kappa shape index (κ1) is 12.9. The second kappa shape index (κ2) is 5.38. The molecule has 0 aromatic heterocycles. The van der Waals surface area contributed by atoms with Gasteiger partial charge in [-0.3, -0.25) is 4.90 Å². The van der Waals surface area contributed by atoms with Crippen LogP contribution < -0.4 is 5.73 Å². The van der Waals surface area contributed by atoms with Crippen molar-refractivity contribution in [1.82, 2.24) is 4.90 Å². The van der Waals surface area contributed by atoms with E-state index in [9.17, 15) is 0 Å². The maximum Gasteiger partial charge on any atom is 0.0899 e. The number of rotatable bonds is 4. The number of thioether (sulfide) groups is 1. The first-order valence-corrected chi connectivity index (χ1v) is 7.20. The molecule has 0 aliphatic carbocycles. The number of fused-ring (bicyclic) bond motifs is 1. The third kappa shape index (κ3) is 2.81. The molecule has 2 unspecified atom stereocenters. The van der Waals surface area contributed by atoms with E-state index in [0.717, 1.165) is 12.3 Å². The lowest BCUT2D eigenvalue weighted by Gasteiger charge is -2.26. The Morgan fingerprint density at radius 3 is 3.00 bits per heavy atom. The van der Waals surface area contributed by atoms with Crippen LogP contribution in [0.1, 0.15) is 18.4 Å². The van der Waals surface area contributed by atoms with Gasteiger partial charge < -0.3 is 5.73 Å². The molecule has 0 saturated heterocycles. The van der Waals surface area contributed by atoms with Gasteiger partial charge in [-0.15, -0.1) is 11.8 Å². The highest BCUT2D eigenvalue weighted by molar-refractivity contribution is 7.99. The van der Waals surface area contributed by atoms with Crippen molar-refractivity contribution in [2.75, 3.05) is 19.3 Å². The molecule has 1 aromatic rings. The molecule has 1 aromatic carbocycles. The Bertz CT molecular complexity index is 420. The van der Waals surface area contributed by atoms with Crippen LogP contribution in [0.25, 0.3) is 0 Å². The zero-order valence-electron chi connectivity index (χ0n) is 10.2. The zero-order chi connectivity index (χ0) is 12.4. The third-order valence-corrected chi connectivity index (χ3v) is 4.97. The van der Waals surface area contributed by atoms with E-state index in [4.69, 9.17) is 18.0 Å². The van der Waals surface area contributed by atoms with Crippen LogP contribution in [0, 0.1) is 0 Å². The SMILES string of the molecule is CC(C(N)=S)N(C)CC1CSc2ccccc21. The number of hydrogen-bond acceptors (Lipinski definition) is 3. The van der Waals surface area contributed by atoms with Crippen molar-refractivity contribution in [2.45, 2.75) is 23.8 Å². The molecular formula is C13H18N2S2. The maximum absolute atomic E-state index is 5.69. The van der Waals surface area contributed by atoms with Crippen molar-refractivity contribution in [3.05, 3.63) is 29.8 Å². The van der Waals surface area contributed by atoms with Crippen molar-refractivity contribution in [3.8, 4) is 0 Å².